The smallest absolute Gasteiger partial charge is 0.316 e. The highest BCUT2D eigenvalue weighted by molar-refractivity contribution is 5.03. The maximum atomic E-state index is 6.36. The Morgan fingerprint density at radius 1 is 1.29 bits per heavy atom. The van der Waals surface area contributed by atoms with E-state index in [1.165, 1.54) is 25.7 Å². The normalized spacial score (nSPS) is 19.6. The Morgan fingerprint density at radius 3 is 2.65 bits per heavy atom. The fraction of sp³-hybridized carbons (Fsp3) is 0.692. The molecule has 0 unspecified atom stereocenters. The third-order valence-corrected chi connectivity index (χ3v) is 3.36. The molecule has 0 atom stereocenters. The number of nitrogens with zero attached hydrogens (tertiary/aromatic N) is 2. The van der Waals surface area contributed by atoms with Crippen molar-refractivity contribution in [1.29, 1.82) is 0 Å². The second-order valence-electron chi connectivity index (χ2n) is 5.05. The van der Waals surface area contributed by atoms with E-state index in [0.717, 1.165) is 18.5 Å². The van der Waals surface area contributed by atoms with Gasteiger partial charge in [-0.25, -0.2) is 9.97 Å². The summed E-state index contributed by atoms with van der Waals surface area (Å²) >= 11 is 0. The predicted octanol–water partition coefficient (Wildman–Crippen LogP) is 2.22. The van der Waals surface area contributed by atoms with Gasteiger partial charge in [-0.15, -0.1) is 0 Å². The number of aromatic nitrogens is 2. The molecule has 17 heavy (non-hydrogen) atoms. The van der Waals surface area contributed by atoms with Gasteiger partial charge in [0.25, 0.3) is 0 Å². The lowest BCUT2D eigenvalue weighted by Gasteiger charge is -2.27. The van der Waals surface area contributed by atoms with Crippen LogP contribution in [0.2, 0.25) is 0 Å². The van der Waals surface area contributed by atoms with E-state index in [1.807, 2.05) is 13.0 Å². The first kappa shape index (κ1) is 12.3. The molecule has 0 amide bonds. The van der Waals surface area contributed by atoms with E-state index in [0.29, 0.717) is 12.6 Å². The Kier molecular flexibility index (Phi) is 3.94. The summed E-state index contributed by atoms with van der Waals surface area (Å²) < 4.78 is 5.64. The van der Waals surface area contributed by atoms with Crippen molar-refractivity contribution in [2.45, 2.75) is 51.0 Å². The van der Waals surface area contributed by atoms with Gasteiger partial charge in [0.15, 0.2) is 0 Å². The fourth-order valence-electron chi connectivity index (χ4n) is 2.28. The summed E-state index contributed by atoms with van der Waals surface area (Å²) in [5.41, 5.74) is 7.09. The molecule has 0 spiro atoms. The van der Waals surface area contributed by atoms with Crippen LogP contribution in [0.4, 0.5) is 0 Å². The van der Waals surface area contributed by atoms with Gasteiger partial charge in [0.2, 0.25) is 0 Å². The Morgan fingerprint density at radius 2 is 2.00 bits per heavy atom. The molecule has 94 valence electrons. The molecule has 1 fully saturated rings. The van der Waals surface area contributed by atoms with E-state index in [-0.39, 0.29) is 5.54 Å². The molecule has 0 aliphatic heterocycles. The van der Waals surface area contributed by atoms with Crippen molar-refractivity contribution >= 4 is 0 Å². The molecule has 1 aliphatic carbocycles. The first-order chi connectivity index (χ1) is 8.18. The van der Waals surface area contributed by atoms with Crippen LogP contribution in [0.15, 0.2) is 12.3 Å². The van der Waals surface area contributed by atoms with Crippen LogP contribution in [-0.2, 0) is 0 Å². The standard InChI is InChI=1S/C13H21N3O/c1-11-6-9-15-12(16-11)17-10-13(14)7-4-2-3-5-8-13/h6,9H,2-5,7-8,10,14H2,1H3. The SMILES string of the molecule is Cc1ccnc(OCC2(N)CCCCCC2)n1. The van der Waals surface area contributed by atoms with Gasteiger partial charge in [-0.1, -0.05) is 25.7 Å². The number of hydrogen-bond acceptors (Lipinski definition) is 4. The number of rotatable bonds is 3. The number of ether oxygens (including phenoxy) is 1. The van der Waals surface area contributed by atoms with Crippen LogP contribution in [0.25, 0.3) is 0 Å². The third kappa shape index (κ3) is 3.66. The van der Waals surface area contributed by atoms with E-state index < -0.39 is 0 Å². The van der Waals surface area contributed by atoms with Crippen molar-refractivity contribution in [3.8, 4) is 6.01 Å². The Labute approximate surface area is 103 Å². The lowest BCUT2D eigenvalue weighted by Crippen LogP contribution is -2.45. The van der Waals surface area contributed by atoms with Crippen molar-refractivity contribution in [2.24, 2.45) is 5.73 Å². The maximum absolute atomic E-state index is 6.36. The summed E-state index contributed by atoms with van der Waals surface area (Å²) in [5.74, 6) is 0. The van der Waals surface area contributed by atoms with Gasteiger partial charge in [-0.2, -0.15) is 0 Å². The second-order valence-corrected chi connectivity index (χ2v) is 5.05. The molecule has 2 rings (SSSR count). The number of nitrogens with two attached hydrogens (primary N) is 1. The molecule has 4 nitrogen and oxygen atoms in total. The van der Waals surface area contributed by atoms with E-state index in [9.17, 15) is 0 Å². The van der Waals surface area contributed by atoms with Crippen LogP contribution >= 0.6 is 0 Å². The molecule has 4 heteroatoms. The highest BCUT2D eigenvalue weighted by atomic mass is 16.5. The zero-order valence-corrected chi connectivity index (χ0v) is 10.5. The Hall–Kier alpha value is -1.16. The molecule has 0 radical (unpaired) electrons. The first-order valence-electron chi connectivity index (χ1n) is 6.39. The van der Waals surface area contributed by atoms with Gasteiger partial charge in [-0.3, -0.25) is 0 Å². The maximum Gasteiger partial charge on any atom is 0.316 e. The largest absolute Gasteiger partial charge is 0.462 e. The van der Waals surface area contributed by atoms with Crippen molar-refractivity contribution in [3.05, 3.63) is 18.0 Å². The quantitative estimate of drug-likeness (QED) is 0.816. The van der Waals surface area contributed by atoms with Crippen LogP contribution in [0, 0.1) is 6.92 Å². The lowest BCUT2D eigenvalue weighted by atomic mass is 9.93. The minimum Gasteiger partial charge on any atom is -0.462 e. The molecule has 0 bridgehead atoms. The average molecular weight is 235 g/mol. The first-order valence-corrected chi connectivity index (χ1v) is 6.39. The highest BCUT2D eigenvalue weighted by Crippen LogP contribution is 2.25. The number of hydrogen-bond donors (Lipinski definition) is 1. The Balaban J connectivity index is 1.92. The molecule has 1 aromatic heterocycles. The van der Waals surface area contributed by atoms with Gasteiger partial charge in [0.05, 0.1) is 5.54 Å². The molecular weight excluding hydrogens is 214 g/mol. The van der Waals surface area contributed by atoms with Crippen LogP contribution in [0.1, 0.15) is 44.2 Å². The van der Waals surface area contributed by atoms with E-state index in [4.69, 9.17) is 10.5 Å². The summed E-state index contributed by atoms with van der Waals surface area (Å²) in [6.45, 7) is 2.45. The number of aryl methyl sites for hydroxylation is 1. The minimum absolute atomic E-state index is 0.191. The molecule has 2 N–H and O–H groups in total. The fourth-order valence-corrected chi connectivity index (χ4v) is 2.28. The van der Waals surface area contributed by atoms with Crippen molar-refractivity contribution in [1.82, 2.24) is 9.97 Å². The van der Waals surface area contributed by atoms with Crippen molar-refractivity contribution < 1.29 is 4.74 Å². The summed E-state index contributed by atoms with van der Waals surface area (Å²) in [7, 11) is 0. The molecular formula is C13H21N3O. The van der Waals surface area contributed by atoms with Crippen molar-refractivity contribution in [2.75, 3.05) is 6.61 Å². The zero-order chi connectivity index (χ0) is 12.1. The second kappa shape index (κ2) is 5.45. The summed E-state index contributed by atoms with van der Waals surface area (Å²) in [4.78, 5) is 8.31. The van der Waals surface area contributed by atoms with E-state index >= 15 is 0 Å². The van der Waals surface area contributed by atoms with Gasteiger partial charge in [-0.05, 0) is 25.8 Å². The molecule has 1 heterocycles. The third-order valence-electron chi connectivity index (χ3n) is 3.36. The topological polar surface area (TPSA) is 61.0 Å². The molecule has 1 saturated carbocycles. The summed E-state index contributed by atoms with van der Waals surface area (Å²) in [6, 6.07) is 2.30. The van der Waals surface area contributed by atoms with Crippen LogP contribution in [0.5, 0.6) is 6.01 Å². The van der Waals surface area contributed by atoms with Crippen molar-refractivity contribution in [3.63, 3.8) is 0 Å². The lowest BCUT2D eigenvalue weighted by molar-refractivity contribution is 0.187. The predicted molar refractivity (Wildman–Crippen MR) is 66.9 cm³/mol. The van der Waals surface area contributed by atoms with Crippen LogP contribution in [-0.4, -0.2) is 22.1 Å². The zero-order valence-electron chi connectivity index (χ0n) is 10.5. The van der Waals surface area contributed by atoms with Gasteiger partial charge >= 0.3 is 6.01 Å². The van der Waals surface area contributed by atoms with Gasteiger partial charge in [0, 0.05) is 11.9 Å². The van der Waals surface area contributed by atoms with Gasteiger partial charge < -0.3 is 10.5 Å². The summed E-state index contributed by atoms with van der Waals surface area (Å²) in [6.07, 6.45) is 8.79. The molecule has 1 aliphatic rings. The highest BCUT2D eigenvalue weighted by Gasteiger charge is 2.27. The monoisotopic (exact) mass is 235 g/mol. The molecule has 0 saturated heterocycles. The van der Waals surface area contributed by atoms with Gasteiger partial charge in [0.1, 0.15) is 6.61 Å². The van der Waals surface area contributed by atoms with Crippen LogP contribution in [0.3, 0.4) is 0 Å². The van der Waals surface area contributed by atoms with E-state index in [1.54, 1.807) is 6.20 Å². The Bertz CT molecular complexity index is 359. The molecule has 1 aromatic rings. The van der Waals surface area contributed by atoms with E-state index in [2.05, 4.69) is 9.97 Å². The minimum atomic E-state index is -0.191. The van der Waals surface area contributed by atoms with Crippen LogP contribution < -0.4 is 10.5 Å². The molecule has 0 aromatic carbocycles. The average Bonchev–Trinajstić information content (AvgIpc) is 2.53. The summed E-state index contributed by atoms with van der Waals surface area (Å²) in [5, 5.41) is 0.